The third kappa shape index (κ3) is 4.20. The number of para-hydroxylation sites is 2. The minimum atomic E-state index is -0.0231. The summed E-state index contributed by atoms with van der Waals surface area (Å²) in [5, 5.41) is 0. The Labute approximate surface area is 182 Å². The van der Waals surface area contributed by atoms with Gasteiger partial charge >= 0.3 is 0 Å². The second kappa shape index (κ2) is 8.92. The number of aromatic nitrogens is 1. The first kappa shape index (κ1) is 21.1. The SMILES string of the molecule is CCN(CC)C(=O)C1CCC(N(C)C(=O)c2ccc(-c3nc4ccccc4o3)cc2)C1. The van der Waals surface area contributed by atoms with E-state index < -0.39 is 0 Å². The largest absolute Gasteiger partial charge is 0.436 e. The van der Waals surface area contributed by atoms with Crippen LogP contribution >= 0.6 is 0 Å². The molecule has 1 aromatic heterocycles. The summed E-state index contributed by atoms with van der Waals surface area (Å²) >= 11 is 0. The van der Waals surface area contributed by atoms with Crippen molar-refractivity contribution in [1.29, 1.82) is 0 Å². The Morgan fingerprint density at radius 1 is 1.03 bits per heavy atom. The van der Waals surface area contributed by atoms with Gasteiger partial charge in [-0.3, -0.25) is 9.59 Å². The molecule has 2 atom stereocenters. The average molecular weight is 420 g/mol. The summed E-state index contributed by atoms with van der Waals surface area (Å²) in [7, 11) is 1.84. The van der Waals surface area contributed by atoms with Crippen LogP contribution in [-0.2, 0) is 4.79 Å². The Kier molecular flexibility index (Phi) is 6.07. The molecule has 0 aliphatic heterocycles. The van der Waals surface area contributed by atoms with Gasteiger partial charge in [-0.25, -0.2) is 4.98 Å². The van der Waals surface area contributed by atoms with E-state index in [9.17, 15) is 9.59 Å². The highest BCUT2D eigenvalue weighted by atomic mass is 16.3. The van der Waals surface area contributed by atoms with Gasteiger partial charge in [0.1, 0.15) is 5.52 Å². The molecule has 31 heavy (non-hydrogen) atoms. The van der Waals surface area contributed by atoms with Gasteiger partial charge in [-0.1, -0.05) is 12.1 Å². The topological polar surface area (TPSA) is 66.7 Å². The number of nitrogens with zero attached hydrogens (tertiary/aromatic N) is 3. The van der Waals surface area contributed by atoms with Gasteiger partial charge < -0.3 is 14.2 Å². The van der Waals surface area contributed by atoms with Crippen molar-refractivity contribution < 1.29 is 14.0 Å². The first-order valence-corrected chi connectivity index (χ1v) is 11.0. The smallest absolute Gasteiger partial charge is 0.253 e. The lowest BCUT2D eigenvalue weighted by atomic mass is 10.1. The lowest BCUT2D eigenvalue weighted by molar-refractivity contribution is -0.135. The zero-order valence-corrected chi connectivity index (χ0v) is 18.4. The number of benzene rings is 2. The van der Waals surface area contributed by atoms with Crippen LogP contribution in [0, 0.1) is 5.92 Å². The van der Waals surface area contributed by atoms with Gasteiger partial charge in [-0.15, -0.1) is 0 Å². The normalized spacial score (nSPS) is 18.3. The van der Waals surface area contributed by atoms with E-state index in [0.29, 0.717) is 11.5 Å². The van der Waals surface area contributed by atoms with Crippen molar-refractivity contribution in [3.63, 3.8) is 0 Å². The van der Waals surface area contributed by atoms with Crippen LogP contribution < -0.4 is 0 Å². The summed E-state index contributed by atoms with van der Waals surface area (Å²) < 4.78 is 5.81. The maximum Gasteiger partial charge on any atom is 0.253 e. The third-order valence-electron chi connectivity index (χ3n) is 6.37. The summed E-state index contributed by atoms with van der Waals surface area (Å²) in [4.78, 5) is 33.9. The maximum absolute atomic E-state index is 13.0. The van der Waals surface area contributed by atoms with Crippen molar-refractivity contribution in [2.75, 3.05) is 20.1 Å². The number of rotatable bonds is 6. The van der Waals surface area contributed by atoms with E-state index in [0.717, 1.165) is 49.0 Å². The fraction of sp³-hybridized carbons (Fsp3) is 0.400. The van der Waals surface area contributed by atoms with Crippen LogP contribution in [0.3, 0.4) is 0 Å². The Morgan fingerprint density at radius 3 is 2.42 bits per heavy atom. The quantitative estimate of drug-likeness (QED) is 0.585. The first-order chi connectivity index (χ1) is 15.0. The minimum absolute atomic E-state index is 0.0154. The van der Waals surface area contributed by atoms with Gasteiger partial charge in [0.25, 0.3) is 5.91 Å². The summed E-state index contributed by atoms with van der Waals surface area (Å²) in [6.07, 6.45) is 2.44. The van der Waals surface area contributed by atoms with Crippen LogP contribution in [-0.4, -0.2) is 52.8 Å². The Morgan fingerprint density at radius 2 is 1.74 bits per heavy atom. The minimum Gasteiger partial charge on any atom is -0.436 e. The van der Waals surface area contributed by atoms with E-state index in [-0.39, 0.29) is 23.8 Å². The Bertz CT molecular complexity index is 1040. The predicted octanol–water partition coefficient (Wildman–Crippen LogP) is 4.60. The van der Waals surface area contributed by atoms with E-state index >= 15 is 0 Å². The number of hydrogen-bond donors (Lipinski definition) is 0. The van der Waals surface area contributed by atoms with Gasteiger partial charge in [0.2, 0.25) is 11.8 Å². The molecule has 6 heteroatoms. The summed E-state index contributed by atoms with van der Waals surface area (Å²) in [6.45, 7) is 5.48. The van der Waals surface area contributed by atoms with Crippen LogP contribution in [0.1, 0.15) is 43.5 Å². The van der Waals surface area contributed by atoms with Crippen molar-refractivity contribution in [2.24, 2.45) is 5.92 Å². The molecular formula is C25H29N3O3. The summed E-state index contributed by atoms with van der Waals surface area (Å²) in [5.41, 5.74) is 3.02. The molecule has 0 bridgehead atoms. The van der Waals surface area contributed by atoms with Gasteiger partial charge in [0.05, 0.1) is 0 Å². The maximum atomic E-state index is 13.0. The molecule has 1 fully saturated rings. The van der Waals surface area contributed by atoms with E-state index in [2.05, 4.69) is 4.98 Å². The number of hydrogen-bond acceptors (Lipinski definition) is 4. The Hall–Kier alpha value is -3.15. The molecule has 2 amide bonds. The molecule has 1 saturated carbocycles. The molecule has 2 unspecified atom stereocenters. The molecule has 0 radical (unpaired) electrons. The zero-order chi connectivity index (χ0) is 22.0. The van der Waals surface area contributed by atoms with E-state index in [1.165, 1.54) is 0 Å². The van der Waals surface area contributed by atoms with Crippen molar-refractivity contribution in [2.45, 2.75) is 39.2 Å². The fourth-order valence-corrected chi connectivity index (χ4v) is 4.45. The van der Waals surface area contributed by atoms with E-state index in [4.69, 9.17) is 4.42 Å². The highest BCUT2D eigenvalue weighted by molar-refractivity contribution is 5.95. The lowest BCUT2D eigenvalue weighted by Gasteiger charge is -2.26. The van der Waals surface area contributed by atoms with Crippen molar-refractivity contribution in [3.8, 4) is 11.5 Å². The van der Waals surface area contributed by atoms with Crippen LogP contribution in [0.4, 0.5) is 0 Å². The van der Waals surface area contributed by atoms with Gasteiger partial charge in [-0.05, 0) is 69.5 Å². The molecule has 1 aliphatic carbocycles. The monoisotopic (exact) mass is 419 g/mol. The standard InChI is InChI=1S/C25H29N3O3/c1-4-28(5-2)25(30)19-14-15-20(16-19)27(3)24(29)18-12-10-17(11-13-18)23-26-21-8-6-7-9-22(21)31-23/h6-13,19-20H,4-5,14-16H2,1-3H3. The molecule has 1 aliphatic rings. The summed E-state index contributed by atoms with van der Waals surface area (Å²) in [5.74, 6) is 0.755. The van der Waals surface area contributed by atoms with Crippen LogP contribution in [0.5, 0.6) is 0 Å². The van der Waals surface area contributed by atoms with Crippen molar-refractivity contribution >= 4 is 22.9 Å². The second-order valence-corrected chi connectivity index (χ2v) is 8.15. The highest BCUT2D eigenvalue weighted by Crippen LogP contribution is 2.31. The molecule has 162 valence electrons. The number of carbonyl (C=O) groups excluding carboxylic acids is 2. The third-order valence-corrected chi connectivity index (χ3v) is 6.37. The fourth-order valence-electron chi connectivity index (χ4n) is 4.45. The van der Waals surface area contributed by atoms with Crippen LogP contribution in [0.2, 0.25) is 0 Å². The van der Waals surface area contributed by atoms with E-state index in [1.807, 2.05) is 74.3 Å². The second-order valence-electron chi connectivity index (χ2n) is 8.15. The van der Waals surface area contributed by atoms with Gasteiger partial charge in [0.15, 0.2) is 5.58 Å². The molecule has 6 nitrogen and oxygen atoms in total. The zero-order valence-electron chi connectivity index (χ0n) is 18.4. The predicted molar refractivity (Wildman–Crippen MR) is 121 cm³/mol. The number of oxazole rings is 1. The van der Waals surface area contributed by atoms with Crippen molar-refractivity contribution in [1.82, 2.24) is 14.8 Å². The van der Waals surface area contributed by atoms with Gasteiger partial charge in [0, 0.05) is 43.2 Å². The molecule has 0 saturated heterocycles. The number of amides is 2. The lowest BCUT2D eigenvalue weighted by Crippen LogP contribution is -2.38. The highest BCUT2D eigenvalue weighted by Gasteiger charge is 2.35. The molecule has 0 spiro atoms. The van der Waals surface area contributed by atoms with Crippen LogP contribution in [0.25, 0.3) is 22.6 Å². The Balaban J connectivity index is 1.43. The van der Waals surface area contributed by atoms with Crippen LogP contribution in [0.15, 0.2) is 52.9 Å². The molecule has 3 aromatic rings. The summed E-state index contributed by atoms with van der Waals surface area (Å²) in [6, 6.07) is 15.1. The van der Waals surface area contributed by atoms with Gasteiger partial charge in [-0.2, -0.15) is 0 Å². The average Bonchev–Trinajstić information content (AvgIpc) is 3.46. The molecule has 0 N–H and O–H groups in total. The number of fused-ring (bicyclic) bond motifs is 1. The molecular weight excluding hydrogens is 390 g/mol. The molecule has 4 rings (SSSR count). The number of carbonyl (C=O) groups is 2. The molecule has 1 heterocycles. The van der Waals surface area contributed by atoms with E-state index in [1.54, 1.807) is 4.90 Å². The van der Waals surface area contributed by atoms with Crippen molar-refractivity contribution in [3.05, 3.63) is 54.1 Å². The molecule has 2 aromatic carbocycles. The first-order valence-electron chi connectivity index (χ1n) is 11.0.